The Hall–Kier alpha value is -1.40. The molecule has 3 atom stereocenters. The van der Waals surface area contributed by atoms with Crippen molar-refractivity contribution in [1.82, 2.24) is 0 Å². The SMILES string of the molecule is COC(=O)C1CC2(C(=O)OC)C=CC1(N)O2. The van der Waals surface area contributed by atoms with Gasteiger partial charge in [-0.05, 0) is 12.2 Å². The largest absolute Gasteiger partial charge is 0.469 e. The summed E-state index contributed by atoms with van der Waals surface area (Å²) in [6.45, 7) is 0. The van der Waals surface area contributed by atoms with E-state index in [2.05, 4.69) is 9.47 Å². The number of carbonyl (C=O) groups is 2. The molecule has 0 spiro atoms. The fourth-order valence-corrected chi connectivity index (χ4v) is 2.18. The Balaban J connectivity index is 2.30. The van der Waals surface area contributed by atoms with Crippen molar-refractivity contribution in [2.24, 2.45) is 11.7 Å². The number of ether oxygens (including phenoxy) is 3. The Morgan fingerprint density at radius 3 is 2.62 bits per heavy atom. The van der Waals surface area contributed by atoms with Crippen LogP contribution in [-0.4, -0.2) is 37.5 Å². The number of nitrogens with two attached hydrogens (primary N) is 1. The molecule has 0 amide bonds. The second-order valence-electron chi connectivity index (χ2n) is 3.95. The van der Waals surface area contributed by atoms with Crippen molar-refractivity contribution < 1.29 is 23.8 Å². The maximum absolute atomic E-state index is 11.6. The van der Waals surface area contributed by atoms with E-state index in [1.165, 1.54) is 26.4 Å². The Morgan fingerprint density at radius 1 is 1.38 bits per heavy atom. The molecule has 0 radical (unpaired) electrons. The number of hydrogen-bond donors (Lipinski definition) is 1. The average molecular weight is 227 g/mol. The highest BCUT2D eigenvalue weighted by Gasteiger charge is 2.63. The van der Waals surface area contributed by atoms with E-state index in [4.69, 9.17) is 10.5 Å². The predicted molar refractivity (Wildman–Crippen MR) is 52.0 cm³/mol. The molecule has 0 saturated carbocycles. The van der Waals surface area contributed by atoms with E-state index in [1.54, 1.807) is 0 Å². The third-order valence-corrected chi connectivity index (χ3v) is 3.04. The van der Waals surface area contributed by atoms with Gasteiger partial charge in [-0.15, -0.1) is 0 Å². The summed E-state index contributed by atoms with van der Waals surface area (Å²) in [5, 5.41) is 0. The van der Waals surface area contributed by atoms with Crippen LogP contribution < -0.4 is 5.73 Å². The molecule has 0 aromatic rings. The van der Waals surface area contributed by atoms with Gasteiger partial charge in [0.2, 0.25) is 0 Å². The highest BCUT2D eigenvalue weighted by molar-refractivity contribution is 5.87. The van der Waals surface area contributed by atoms with Crippen LogP contribution in [0.5, 0.6) is 0 Å². The monoisotopic (exact) mass is 227 g/mol. The Bertz CT molecular complexity index is 379. The van der Waals surface area contributed by atoms with Gasteiger partial charge in [0.15, 0.2) is 11.3 Å². The summed E-state index contributed by atoms with van der Waals surface area (Å²) in [7, 11) is 2.53. The van der Waals surface area contributed by atoms with Gasteiger partial charge >= 0.3 is 11.9 Å². The number of esters is 2. The summed E-state index contributed by atoms with van der Waals surface area (Å²) in [6, 6.07) is 0. The maximum Gasteiger partial charge on any atom is 0.342 e. The summed E-state index contributed by atoms with van der Waals surface area (Å²) in [6.07, 6.45) is 3.20. The quantitative estimate of drug-likeness (QED) is 0.497. The Labute approximate surface area is 92.3 Å². The van der Waals surface area contributed by atoms with Crippen molar-refractivity contribution >= 4 is 11.9 Å². The van der Waals surface area contributed by atoms with Crippen molar-refractivity contribution in [3.05, 3.63) is 12.2 Å². The van der Waals surface area contributed by atoms with Crippen LogP contribution in [0.25, 0.3) is 0 Å². The van der Waals surface area contributed by atoms with Crippen molar-refractivity contribution in [3.8, 4) is 0 Å². The molecule has 0 aromatic carbocycles. The molecule has 2 N–H and O–H groups in total. The summed E-state index contributed by atoms with van der Waals surface area (Å²) >= 11 is 0. The van der Waals surface area contributed by atoms with Gasteiger partial charge in [-0.2, -0.15) is 0 Å². The molecule has 1 saturated heterocycles. The van der Waals surface area contributed by atoms with E-state index in [9.17, 15) is 9.59 Å². The van der Waals surface area contributed by atoms with Crippen LogP contribution in [0.4, 0.5) is 0 Å². The molecule has 2 rings (SSSR count). The summed E-state index contributed by atoms with van der Waals surface area (Å²) in [5.74, 6) is -1.72. The molecular weight excluding hydrogens is 214 g/mol. The zero-order chi connectivity index (χ0) is 12.0. The van der Waals surface area contributed by atoms with Crippen LogP contribution >= 0.6 is 0 Å². The Kier molecular flexibility index (Phi) is 2.28. The van der Waals surface area contributed by atoms with E-state index in [0.717, 1.165) is 0 Å². The van der Waals surface area contributed by atoms with E-state index >= 15 is 0 Å². The van der Waals surface area contributed by atoms with E-state index < -0.39 is 29.2 Å². The molecule has 16 heavy (non-hydrogen) atoms. The first-order valence-corrected chi connectivity index (χ1v) is 4.83. The van der Waals surface area contributed by atoms with Gasteiger partial charge in [0, 0.05) is 6.42 Å². The molecule has 6 heteroatoms. The molecule has 6 nitrogen and oxygen atoms in total. The molecule has 1 fully saturated rings. The second-order valence-corrected chi connectivity index (χ2v) is 3.95. The number of rotatable bonds is 2. The van der Waals surface area contributed by atoms with Crippen LogP contribution in [0, 0.1) is 5.92 Å². The summed E-state index contributed by atoms with van der Waals surface area (Å²) < 4.78 is 14.7. The van der Waals surface area contributed by atoms with Gasteiger partial charge in [-0.1, -0.05) is 0 Å². The molecule has 3 unspecified atom stereocenters. The summed E-state index contributed by atoms with van der Waals surface area (Å²) in [4.78, 5) is 23.1. The number of hydrogen-bond acceptors (Lipinski definition) is 6. The lowest BCUT2D eigenvalue weighted by Crippen LogP contribution is -2.46. The van der Waals surface area contributed by atoms with Crippen molar-refractivity contribution in [2.75, 3.05) is 14.2 Å². The zero-order valence-electron chi connectivity index (χ0n) is 9.06. The number of methoxy groups -OCH3 is 2. The molecular formula is C10H13NO5. The van der Waals surface area contributed by atoms with Crippen LogP contribution in [0.3, 0.4) is 0 Å². The highest BCUT2D eigenvalue weighted by atomic mass is 16.6. The van der Waals surface area contributed by atoms with Gasteiger partial charge in [0.05, 0.1) is 14.2 Å². The lowest BCUT2D eigenvalue weighted by Gasteiger charge is -2.22. The van der Waals surface area contributed by atoms with E-state index in [0.29, 0.717) is 0 Å². The molecule has 2 heterocycles. The molecule has 88 valence electrons. The standard InChI is InChI=1S/C10H13NO5/c1-14-7(12)6-5-9(8(13)15-2)3-4-10(6,11)16-9/h3-4,6H,5,11H2,1-2H3. The minimum Gasteiger partial charge on any atom is -0.469 e. The second kappa shape index (κ2) is 3.29. The average Bonchev–Trinajstić information content (AvgIpc) is 2.78. The Morgan fingerprint density at radius 2 is 2.06 bits per heavy atom. The van der Waals surface area contributed by atoms with Gasteiger partial charge < -0.3 is 14.2 Å². The third-order valence-electron chi connectivity index (χ3n) is 3.04. The molecule has 0 aromatic heterocycles. The first kappa shape index (κ1) is 11.1. The van der Waals surface area contributed by atoms with Gasteiger partial charge in [0.25, 0.3) is 0 Å². The van der Waals surface area contributed by atoms with Crippen LogP contribution in [0.1, 0.15) is 6.42 Å². The summed E-state index contributed by atoms with van der Waals surface area (Å²) in [5.41, 5.74) is 3.38. The van der Waals surface area contributed by atoms with Crippen LogP contribution in [0.15, 0.2) is 12.2 Å². The zero-order valence-corrected chi connectivity index (χ0v) is 9.06. The topological polar surface area (TPSA) is 87.9 Å². The maximum atomic E-state index is 11.6. The molecule has 2 aliphatic heterocycles. The first-order valence-electron chi connectivity index (χ1n) is 4.83. The van der Waals surface area contributed by atoms with Gasteiger partial charge in [0.1, 0.15) is 5.92 Å². The predicted octanol–water partition coefficient (Wildman–Crippen LogP) is -0.667. The van der Waals surface area contributed by atoms with E-state index in [1.807, 2.05) is 0 Å². The lowest BCUT2D eigenvalue weighted by molar-refractivity contribution is -0.164. The van der Waals surface area contributed by atoms with E-state index in [-0.39, 0.29) is 6.42 Å². The van der Waals surface area contributed by atoms with Crippen molar-refractivity contribution in [1.29, 1.82) is 0 Å². The highest BCUT2D eigenvalue weighted by Crippen LogP contribution is 2.47. The third kappa shape index (κ3) is 1.27. The fraction of sp³-hybridized carbons (Fsp3) is 0.600. The van der Waals surface area contributed by atoms with Crippen LogP contribution in [0.2, 0.25) is 0 Å². The van der Waals surface area contributed by atoms with Gasteiger partial charge in [-0.25, -0.2) is 4.79 Å². The fourth-order valence-electron chi connectivity index (χ4n) is 2.18. The lowest BCUT2D eigenvalue weighted by atomic mass is 9.83. The van der Waals surface area contributed by atoms with Gasteiger partial charge in [-0.3, -0.25) is 10.5 Å². The molecule has 2 aliphatic rings. The van der Waals surface area contributed by atoms with Crippen molar-refractivity contribution in [3.63, 3.8) is 0 Å². The number of fused-ring (bicyclic) bond motifs is 2. The minimum absolute atomic E-state index is 0.152. The molecule has 0 aliphatic carbocycles. The smallest absolute Gasteiger partial charge is 0.342 e. The number of carbonyl (C=O) groups excluding carboxylic acids is 2. The minimum atomic E-state index is -1.26. The van der Waals surface area contributed by atoms with Crippen LogP contribution in [-0.2, 0) is 23.8 Å². The first-order chi connectivity index (χ1) is 7.47. The van der Waals surface area contributed by atoms with Crippen molar-refractivity contribution in [2.45, 2.75) is 17.7 Å². The molecule has 2 bridgehead atoms. The normalized spacial score (nSPS) is 39.8.